The number of thiocarbonyl (C=S) groups is 1. The maximum atomic E-state index is 11.7. The van der Waals surface area contributed by atoms with E-state index in [4.69, 9.17) is 35.9 Å². The van der Waals surface area contributed by atoms with Gasteiger partial charge in [-0.2, -0.15) is 0 Å². The van der Waals surface area contributed by atoms with E-state index in [9.17, 15) is 24.0 Å². The fraction of sp³-hybridized carbons (Fsp3) is 0.647. The summed E-state index contributed by atoms with van der Waals surface area (Å²) in [4.78, 5) is 57.4. The Morgan fingerprint density at radius 2 is 1.32 bits per heavy atom. The molecule has 0 aromatic rings. The minimum absolute atomic E-state index is 0.125. The zero-order valence-corrected chi connectivity index (χ0v) is 18.4. The second-order valence-corrected chi connectivity index (χ2v) is 6.81. The first-order valence-corrected chi connectivity index (χ1v) is 9.45. The Kier molecular flexibility index (Phi) is 10.2. The molecule has 0 radical (unpaired) electrons. The number of hydrogen-bond acceptors (Lipinski definition) is 12. The summed E-state index contributed by atoms with van der Waals surface area (Å²) >= 11 is 4.93. The van der Waals surface area contributed by atoms with Gasteiger partial charge >= 0.3 is 23.9 Å². The lowest BCUT2D eigenvalue weighted by Gasteiger charge is -2.44. The highest BCUT2D eigenvalue weighted by Crippen LogP contribution is 2.28. The van der Waals surface area contributed by atoms with Gasteiger partial charge in [0.2, 0.25) is 5.91 Å². The summed E-state index contributed by atoms with van der Waals surface area (Å²) in [6.07, 6.45) is -6.25. The van der Waals surface area contributed by atoms with E-state index < -0.39 is 60.4 Å². The SMILES string of the molecule is CC(=O)NC(=S)NN[C@@H]1O[C@H](COC(C)=O)[C@@H](OC(C)=O)[C@H](OC(C)=O)[C@H]1OC(C)=O. The molecule has 0 unspecified atom stereocenters. The maximum Gasteiger partial charge on any atom is 0.303 e. The summed E-state index contributed by atoms with van der Waals surface area (Å²) in [6, 6.07) is 0. The minimum atomic E-state index is -1.33. The normalized spacial score (nSPS) is 24.9. The van der Waals surface area contributed by atoms with Crippen molar-refractivity contribution >= 4 is 47.1 Å². The first-order valence-electron chi connectivity index (χ1n) is 9.04. The number of nitrogens with one attached hydrogen (secondary N) is 3. The van der Waals surface area contributed by atoms with Crippen molar-refractivity contribution in [1.29, 1.82) is 0 Å². The standard InChI is InChI=1S/C17H25N3O10S/c1-7(21)18-17(31)20-19-16-15(29-11(5)25)14(28-10(4)24)13(27-9(3)23)12(30-16)6-26-8(2)22/h12-16,19H,6H2,1-5H3,(H2,18,20,21,31)/t12-,13-,14+,15-,16-/m1/s1. The van der Waals surface area contributed by atoms with Crippen LogP contribution in [-0.4, -0.2) is 72.1 Å². The Hall–Kier alpha value is -2.84. The summed E-state index contributed by atoms with van der Waals surface area (Å²) in [5, 5.41) is 2.17. The van der Waals surface area contributed by atoms with E-state index in [2.05, 4.69) is 16.2 Å². The first kappa shape index (κ1) is 26.2. The van der Waals surface area contributed by atoms with Crippen molar-refractivity contribution in [2.24, 2.45) is 0 Å². The molecule has 5 atom stereocenters. The summed E-state index contributed by atoms with van der Waals surface area (Å²) in [5.74, 6) is -3.32. The van der Waals surface area contributed by atoms with Crippen LogP contribution >= 0.6 is 12.2 Å². The first-order chi connectivity index (χ1) is 14.4. The third kappa shape index (κ3) is 9.23. The van der Waals surface area contributed by atoms with Crippen molar-refractivity contribution in [1.82, 2.24) is 16.2 Å². The van der Waals surface area contributed by atoms with Gasteiger partial charge in [-0.15, -0.1) is 0 Å². The van der Waals surface area contributed by atoms with Gasteiger partial charge in [0.15, 0.2) is 29.7 Å². The van der Waals surface area contributed by atoms with Crippen LogP contribution in [0.15, 0.2) is 0 Å². The highest BCUT2D eigenvalue weighted by Gasteiger charge is 2.52. The molecule has 1 amide bonds. The molecule has 0 bridgehead atoms. The third-order valence-corrected chi connectivity index (χ3v) is 3.81. The molecule has 1 rings (SSSR count). The van der Waals surface area contributed by atoms with Crippen molar-refractivity contribution in [3.8, 4) is 0 Å². The molecular weight excluding hydrogens is 438 g/mol. The highest BCUT2D eigenvalue weighted by molar-refractivity contribution is 7.80. The second-order valence-electron chi connectivity index (χ2n) is 6.40. The van der Waals surface area contributed by atoms with E-state index in [1.807, 2.05) is 0 Å². The smallest absolute Gasteiger partial charge is 0.303 e. The molecular formula is C17H25N3O10S. The number of esters is 4. The highest BCUT2D eigenvalue weighted by atomic mass is 32.1. The van der Waals surface area contributed by atoms with Gasteiger partial charge in [-0.1, -0.05) is 0 Å². The van der Waals surface area contributed by atoms with Crippen molar-refractivity contribution < 1.29 is 47.7 Å². The molecule has 3 N–H and O–H groups in total. The van der Waals surface area contributed by atoms with Crippen LogP contribution in [0.2, 0.25) is 0 Å². The van der Waals surface area contributed by atoms with Crippen molar-refractivity contribution in [3.63, 3.8) is 0 Å². The van der Waals surface area contributed by atoms with Gasteiger partial charge in [0.05, 0.1) is 0 Å². The number of carbonyl (C=O) groups is 5. The second kappa shape index (κ2) is 12.1. The molecule has 1 fully saturated rings. The Balaban J connectivity index is 3.24. The summed E-state index contributed by atoms with van der Waals surface area (Å²) < 4.78 is 26.5. The lowest BCUT2D eigenvalue weighted by Crippen LogP contribution is -2.68. The van der Waals surface area contributed by atoms with Gasteiger partial charge in [-0.05, 0) is 12.2 Å². The van der Waals surface area contributed by atoms with Gasteiger partial charge in [0.1, 0.15) is 12.7 Å². The molecule has 1 saturated heterocycles. The number of amides is 1. The lowest BCUT2D eigenvalue weighted by atomic mass is 9.97. The maximum absolute atomic E-state index is 11.7. The summed E-state index contributed by atoms with van der Waals surface area (Å²) in [6.45, 7) is 5.38. The number of hydrazine groups is 1. The molecule has 14 heteroatoms. The summed E-state index contributed by atoms with van der Waals surface area (Å²) in [7, 11) is 0. The van der Waals surface area contributed by atoms with Gasteiger partial charge < -0.3 is 29.0 Å². The molecule has 1 heterocycles. The Morgan fingerprint density at radius 1 is 0.806 bits per heavy atom. The molecule has 13 nitrogen and oxygen atoms in total. The molecule has 1 aliphatic rings. The van der Waals surface area contributed by atoms with E-state index in [0.29, 0.717) is 0 Å². The van der Waals surface area contributed by atoms with Gasteiger partial charge in [-0.3, -0.25) is 29.4 Å². The van der Waals surface area contributed by atoms with Crippen molar-refractivity contribution in [2.45, 2.75) is 65.3 Å². The lowest BCUT2D eigenvalue weighted by molar-refractivity contribution is -0.258. The molecule has 0 aromatic carbocycles. The predicted molar refractivity (Wildman–Crippen MR) is 105 cm³/mol. The van der Waals surface area contributed by atoms with E-state index >= 15 is 0 Å². The zero-order chi connectivity index (χ0) is 23.7. The topological polar surface area (TPSA) is 168 Å². The number of rotatable bonds is 7. The predicted octanol–water partition coefficient (Wildman–Crippen LogP) is -1.42. The molecule has 0 spiro atoms. The Labute approximate surface area is 183 Å². The van der Waals surface area contributed by atoms with Crippen LogP contribution in [0, 0.1) is 0 Å². The van der Waals surface area contributed by atoms with E-state index in [-0.39, 0.29) is 11.7 Å². The minimum Gasteiger partial charge on any atom is -0.463 e. The quantitative estimate of drug-likeness (QED) is 0.174. The van der Waals surface area contributed by atoms with Crippen LogP contribution in [0.1, 0.15) is 34.6 Å². The van der Waals surface area contributed by atoms with E-state index in [0.717, 1.165) is 27.7 Å². The van der Waals surface area contributed by atoms with Crippen molar-refractivity contribution in [2.75, 3.05) is 6.61 Å². The molecule has 1 aliphatic heterocycles. The van der Waals surface area contributed by atoms with Gasteiger partial charge in [0.25, 0.3) is 0 Å². The Bertz CT molecular complexity index is 731. The van der Waals surface area contributed by atoms with Crippen LogP contribution in [0.5, 0.6) is 0 Å². The molecule has 174 valence electrons. The number of ether oxygens (including phenoxy) is 5. The average molecular weight is 463 g/mol. The zero-order valence-electron chi connectivity index (χ0n) is 17.6. The van der Waals surface area contributed by atoms with Gasteiger partial charge in [-0.25, -0.2) is 5.43 Å². The Morgan fingerprint density at radius 3 is 1.81 bits per heavy atom. The third-order valence-electron chi connectivity index (χ3n) is 3.61. The van der Waals surface area contributed by atoms with Crippen molar-refractivity contribution in [3.05, 3.63) is 0 Å². The molecule has 31 heavy (non-hydrogen) atoms. The monoisotopic (exact) mass is 463 g/mol. The van der Waals surface area contributed by atoms with Crippen LogP contribution in [0.4, 0.5) is 0 Å². The largest absolute Gasteiger partial charge is 0.463 e. The van der Waals surface area contributed by atoms with Crippen LogP contribution in [0.3, 0.4) is 0 Å². The fourth-order valence-electron chi connectivity index (χ4n) is 2.67. The van der Waals surface area contributed by atoms with Crippen LogP contribution in [0.25, 0.3) is 0 Å². The van der Waals surface area contributed by atoms with Gasteiger partial charge in [0, 0.05) is 34.6 Å². The molecule has 0 aromatic heterocycles. The van der Waals surface area contributed by atoms with Crippen LogP contribution < -0.4 is 16.2 Å². The molecule has 0 aliphatic carbocycles. The number of hydrogen-bond donors (Lipinski definition) is 3. The fourth-order valence-corrected chi connectivity index (χ4v) is 2.88. The molecule has 0 saturated carbocycles. The summed E-state index contributed by atoms with van der Waals surface area (Å²) in [5.41, 5.74) is 5.08. The number of carbonyl (C=O) groups excluding carboxylic acids is 5. The van der Waals surface area contributed by atoms with Crippen LogP contribution in [-0.2, 0) is 47.7 Å². The van der Waals surface area contributed by atoms with E-state index in [1.54, 1.807) is 0 Å². The van der Waals surface area contributed by atoms with E-state index in [1.165, 1.54) is 6.92 Å². The average Bonchev–Trinajstić information content (AvgIpc) is 2.60.